The Labute approximate surface area is 164 Å². The third-order valence-corrected chi connectivity index (χ3v) is 3.20. The molecule has 0 aromatic heterocycles. The van der Waals surface area contributed by atoms with Crippen molar-refractivity contribution in [2.45, 2.75) is 44.6 Å². The van der Waals surface area contributed by atoms with Gasteiger partial charge in [0.05, 0.1) is 6.04 Å². The van der Waals surface area contributed by atoms with Crippen LogP contribution in [0.25, 0.3) is 0 Å². The smallest absolute Gasteiger partial charge is 0.475 e. The largest absolute Gasteiger partial charge is 0.490 e. The molecule has 6 N–H and O–H groups in total. The number of amides is 2. The van der Waals surface area contributed by atoms with Gasteiger partial charge in [-0.15, -0.1) is 0 Å². The van der Waals surface area contributed by atoms with E-state index in [0.717, 1.165) is 5.56 Å². The number of carboxylic acid groups (broad SMARTS) is 1. The first-order chi connectivity index (χ1) is 13.3. The van der Waals surface area contributed by atoms with Gasteiger partial charge >= 0.3 is 18.1 Å². The van der Waals surface area contributed by atoms with Crippen LogP contribution in [-0.4, -0.2) is 47.1 Å². The average Bonchev–Trinajstić information content (AvgIpc) is 2.63. The Morgan fingerprint density at radius 1 is 1.17 bits per heavy atom. The van der Waals surface area contributed by atoms with Crippen molar-refractivity contribution in [1.82, 2.24) is 5.32 Å². The molecule has 0 fully saturated rings. The van der Waals surface area contributed by atoms with Gasteiger partial charge in [-0.1, -0.05) is 30.3 Å². The van der Waals surface area contributed by atoms with Gasteiger partial charge in [0, 0.05) is 6.42 Å². The number of halogens is 3. The molecule has 1 rings (SSSR count). The van der Waals surface area contributed by atoms with Crippen LogP contribution >= 0.6 is 0 Å². The fourth-order valence-electron chi connectivity index (χ4n) is 1.66. The van der Waals surface area contributed by atoms with Crippen molar-refractivity contribution >= 4 is 23.8 Å². The zero-order valence-electron chi connectivity index (χ0n) is 15.4. The summed E-state index contributed by atoms with van der Waals surface area (Å²) in [6.07, 6.45) is -5.04. The molecular weight excluding hydrogens is 399 g/mol. The first kappa shape index (κ1) is 25.9. The molecule has 1 aromatic rings. The molecule has 0 radical (unpaired) electrons. The number of hydrogen-bond donors (Lipinski definition) is 4. The number of nitrogens with one attached hydrogen (secondary N) is 1. The lowest BCUT2D eigenvalue weighted by Gasteiger charge is -2.16. The predicted molar refractivity (Wildman–Crippen MR) is 93.9 cm³/mol. The Kier molecular flexibility index (Phi) is 11.0. The third-order valence-electron chi connectivity index (χ3n) is 3.20. The highest BCUT2D eigenvalue weighted by Crippen LogP contribution is 2.13. The number of hydrogen-bond acceptors (Lipinski definition) is 6. The Hall–Kier alpha value is -3.15. The molecule has 0 aliphatic carbocycles. The lowest BCUT2D eigenvalue weighted by atomic mass is 10.1. The van der Waals surface area contributed by atoms with Gasteiger partial charge in [0.2, 0.25) is 11.8 Å². The predicted octanol–water partition coefficient (Wildman–Crippen LogP) is 0.461. The van der Waals surface area contributed by atoms with Crippen molar-refractivity contribution in [3.8, 4) is 0 Å². The number of carbonyl (C=O) groups is 4. The van der Waals surface area contributed by atoms with Crippen LogP contribution in [0.3, 0.4) is 0 Å². The average molecular weight is 421 g/mol. The molecule has 0 saturated heterocycles. The lowest BCUT2D eigenvalue weighted by Crippen LogP contribution is -2.49. The van der Waals surface area contributed by atoms with Gasteiger partial charge in [-0.3, -0.25) is 14.4 Å². The van der Waals surface area contributed by atoms with Crippen LogP contribution in [0.4, 0.5) is 13.2 Å². The summed E-state index contributed by atoms with van der Waals surface area (Å²) in [5, 5.41) is 9.52. The van der Waals surface area contributed by atoms with E-state index in [2.05, 4.69) is 5.32 Å². The van der Waals surface area contributed by atoms with Crippen LogP contribution in [0.5, 0.6) is 0 Å². The molecule has 9 nitrogen and oxygen atoms in total. The van der Waals surface area contributed by atoms with Crippen molar-refractivity contribution in [3.63, 3.8) is 0 Å². The number of primary amides is 1. The summed E-state index contributed by atoms with van der Waals surface area (Å²) in [5.74, 6) is -4.44. The van der Waals surface area contributed by atoms with Crippen LogP contribution in [0.1, 0.15) is 25.3 Å². The van der Waals surface area contributed by atoms with Crippen molar-refractivity contribution in [2.75, 3.05) is 0 Å². The van der Waals surface area contributed by atoms with Crippen LogP contribution in [0.15, 0.2) is 30.3 Å². The van der Waals surface area contributed by atoms with Crippen LogP contribution < -0.4 is 16.8 Å². The van der Waals surface area contributed by atoms with Gasteiger partial charge in [-0.25, -0.2) is 4.79 Å². The Balaban J connectivity index is 0.000000956. The lowest BCUT2D eigenvalue weighted by molar-refractivity contribution is -0.192. The molecule has 0 heterocycles. The van der Waals surface area contributed by atoms with E-state index < -0.39 is 42.0 Å². The number of esters is 1. The number of alkyl halides is 3. The topological polar surface area (TPSA) is 162 Å². The van der Waals surface area contributed by atoms with Gasteiger partial charge in [0.25, 0.3) is 0 Å². The molecule has 2 amide bonds. The van der Waals surface area contributed by atoms with Crippen LogP contribution in [0.2, 0.25) is 0 Å². The highest BCUT2D eigenvalue weighted by molar-refractivity contribution is 5.89. The summed E-state index contributed by atoms with van der Waals surface area (Å²) in [6, 6.07) is 7.52. The van der Waals surface area contributed by atoms with E-state index in [1.54, 1.807) is 0 Å². The fraction of sp³-hybridized carbons (Fsp3) is 0.412. The van der Waals surface area contributed by atoms with E-state index in [4.69, 9.17) is 26.1 Å². The summed E-state index contributed by atoms with van der Waals surface area (Å²) < 4.78 is 36.8. The standard InChI is InChI=1S/C15H21N3O4.C2HF3O2/c1-10(16)15(21)18-12(14(17)20)7-8-13(19)22-9-11-5-3-2-4-6-11;3-2(4,5)1(6)7/h2-6,10,12H,7-9,16H2,1H3,(H2,17,20)(H,18,21);(H,6,7)/t10-,12-;/m0./s1. The minimum atomic E-state index is -5.08. The number of benzene rings is 1. The van der Waals surface area contributed by atoms with E-state index in [9.17, 15) is 27.6 Å². The zero-order valence-corrected chi connectivity index (χ0v) is 15.4. The first-order valence-corrected chi connectivity index (χ1v) is 8.19. The SMILES string of the molecule is C[C@H](N)C(=O)N[C@@H](CCC(=O)OCc1ccccc1)C(N)=O.O=C(O)C(F)(F)F. The van der Waals surface area contributed by atoms with Crippen LogP contribution in [-0.2, 0) is 30.5 Å². The number of ether oxygens (including phenoxy) is 1. The summed E-state index contributed by atoms with van der Waals surface area (Å²) in [7, 11) is 0. The molecule has 0 saturated carbocycles. The van der Waals surface area contributed by atoms with Crippen molar-refractivity contribution in [1.29, 1.82) is 0 Å². The number of rotatable bonds is 8. The van der Waals surface area contributed by atoms with E-state index in [1.165, 1.54) is 6.92 Å². The van der Waals surface area contributed by atoms with Gasteiger partial charge in [0.15, 0.2) is 0 Å². The fourth-order valence-corrected chi connectivity index (χ4v) is 1.66. The normalized spacial score (nSPS) is 12.6. The van der Waals surface area contributed by atoms with Crippen molar-refractivity contribution in [2.24, 2.45) is 11.5 Å². The number of aliphatic carboxylic acids is 1. The molecule has 0 bridgehead atoms. The maximum Gasteiger partial charge on any atom is 0.490 e. The molecule has 0 aliphatic heterocycles. The molecule has 12 heteroatoms. The summed E-state index contributed by atoms with van der Waals surface area (Å²) in [4.78, 5) is 43.3. The third kappa shape index (κ3) is 12.0. The van der Waals surface area contributed by atoms with E-state index in [1.807, 2.05) is 30.3 Å². The van der Waals surface area contributed by atoms with Gasteiger partial charge in [0.1, 0.15) is 12.6 Å². The maximum atomic E-state index is 11.7. The number of nitrogens with two attached hydrogens (primary N) is 2. The molecule has 0 unspecified atom stereocenters. The second kappa shape index (κ2) is 12.3. The Morgan fingerprint density at radius 2 is 1.69 bits per heavy atom. The van der Waals surface area contributed by atoms with Gasteiger partial charge in [-0.05, 0) is 18.9 Å². The summed E-state index contributed by atoms with van der Waals surface area (Å²) >= 11 is 0. The second-order valence-electron chi connectivity index (χ2n) is 5.74. The molecule has 0 aliphatic rings. The number of carbonyl (C=O) groups excluding carboxylic acids is 3. The molecule has 0 spiro atoms. The van der Waals surface area contributed by atoms with E-state index in [0.29, 0.717) is 0 Å². The molecule has 1 aromatic carbocycles. The first-order valence-electron chi connectivity index (χ1n) is 8.19. The van der Waals surface area contributed by atoms with E-state index in [-0.39, 0.29) is 19.4 Å². The Bertz CT molecular complexity index is 695. The van der Waals surface area contributed by atoms with Crippen molar-refractivity contribution in [3.05, 3.63) is 35.9 Å². The minimum absolute atomic E-state index is 0.0281. The maximum absolute atomic E-state index is 11.7. The van der Waals surface area contributed by atoms with E-state index >= 15 is 0 Å². The summed E-state index contributed by atoms with van der Waals surface area (Å²) in [5.41, 5.74) is 11.5. The monoisotopic (exact) mass is 421 g/mol. The molecule has 162 valence electrons. The van der Waals surface area contributed by atoms with Gasteiger partial charge in [-0.2, -0.15) is 13.2 Å². The second-order valence-corrected chi connectivity index (χ2v) is 5.74. The highest BCUT2D eigenvalue weighted by atomic mass is 19.4. The Morgan fingerprint density at radius 3 is 2.10 bits per heavy atom. The minimum Gasteiger partial charge on any atom is -0.475 e. The van der Waals surface area contributed by atoms with Crippen LogP contribution in [0, 0.1) is 0 Å². The molecule has 2 atom stereocenters. The zero-order chi connectivity index (χ0) is 22.6. The quantitative estimate of drug-likeness (QED) is 0.443. The highest BCUT2D eigenvalue weighted by Gasteiger charge is 2.38. The van der Waals surface area contributed by atoms with Crippen molar-refractivity contribution < 1.29 is 42.2 Å². The molecular formula is C17H22F3N3O6. The number of carboxylic acids is 1. The summed E-state index contributed by atoms with van der Waals surface area (Å²) in [6.45, 7) is 1.65. The molecule has 29 heavy (non-hydrogen) atoms. The van der Waals surface area contributed by atoms with Gasteiger partial charge < -0.3 is 26.6 Å².